The van der Waals surface area contributed by atoms with Crippen LogP contribution in [0, 0.1) is 0 Å². The van der Waals surface area contributed by atoms with Crippen molar-refractivity contribution < 1.29 is 12.8 Å². The molecule has 134 valence electrons. The van der Waals surface area contributed by atoms with Gasteiger partial charge in [0.2, 0.25) is 0 Å². The zero-order valence-electron chi connectivity index (χ0n) is 17.7. The van der Waals surface area contributed by atoms with E-state index in [1.54, 1.807) is 0 Å². The molecule has 0 heterocycles. The number of carbonyl (C=O) groups is 1. The smallest absolute Gasteiger partial charge is 1.00 e. The summed E-state index contributed by atoms with van der Waals surface area (Å²) in [5.74, 6) is -0.709. The summed E-state index contributed by atoms with van der Waals surface area (Å²) in [6, 6.07) is 9.66. The van der Waals surface area contributed by atoms with Crippen LogP contribution in [0.15, 0.2) is 30.3 Å². The van der Waals surface area contributed by atoms with Crippen molar-refractivity contribution in [1.29, 1.82) is 0 Å². The Labute approximate surface area is 181 Å². The third-order valence-corrected chi connectivity index (χ3v) is 4.91. The minimum atomic E-state index is -0.749. The molecule has 0 aliphatic carbocycles. The van der Waals surface area contributed by atoms with Crippen LogP contribution in [0.4, 0.5) is 0 Å². The van der Waals surface area contributed by atoms with Gasteiger partial charge in [0.25, 0.3) is 0 Å². The quantitative estimate of drug-likeness (QED) is 0.337. The van der Waals surface area contributed by atoms with Gasteiger partial charge in [-0.05, 0) is 18.9 Å². The summed E-state index contributed by atoms with van der Waals surface area (Å²) in [6.45, 7) is 4.11. The molecular weight excluding hydrogens is 324 g/mol. The van der Waals surface area contributed by atoms with Crippen LogP contribution in [-0.4, -0.2) is 48.8 Å². The maximum Gasteiger partial charge on any atom is 2.00 e. The van der Waals surface area contributed by atoms with E-state index in [2.05, 4.69) is 6.92 Å². The average molecular weight is 361 g/mol. The maximum absolute atomic E-state index is 11.7. The summed E-state index contributed by atoms with van der Waals surface area (Å²) in [7, 11) is 0. The van der Waals surface area contributed by atoms with Crippen LogP contribution in [0.5, 0.6) is 0 Å². The predicted molar refractivity (Wildman–Crippen MR) is 106 cm³/mol. The Hall–Kier alpha value is -0.0503. The molecule has 0 radical (unpaired) electrons. The molecule has 1 rings (SSSR count). The minimum absolute atomic E-state index is 0. The second-order valence-corrected chi connectivity index (χ2v) is 6.94. The van der Waals surface area contributed by atoms with Gasteiger partial charge in [0.1, 0.15) is 0 Å². The monoisotopic (exact) mass is 360 g/mol. The molecule has 0 aliphatic heterocycles. The molecular formula is C21H36CaO2. The molecule has 1 N–H and O–H groups in total. The van der Waals surface area contributed by atoms with Crippen molar-refractivity contribution in [3.8, 4) is 0 Å². The van der Waals surface area contributed by atoms with Gasteiger partial charge >= 0.3 is 43.7 Å². The largest absolute Gasteiger partial charge is 2.00 e. The molecule has 2 nitrogen and oxygen atoms in total. The first kappa shape index (κ1) is 23.9. The van der Waals surface area contributed by atoms with Crippen LogP contribution < -0.4 is 0 Å². The molecule has 0 aromatic heterocycles. The van der Waals surface area contributed by atoms with Gasteiger partial charge in [-0.2, -0.15) is 0 Å². The molecule has 0 amide bonds. The molecule has 1 unspecified atom stereocenters. The van der Waals surface area contributed by atoms with Crippen LogP contribution in [-0.2, 0) is 10.2 Å². The summed E-state index contributed by atoms with van der Waals surface area (Å²) in [4.78, 5) is 11.7. The summed E-state index contributed by atoms with van der Waals surface area (Å²) in [6.07, 6.45) is 13.5. The summed E-state index contributed by atoms with van der Waals surface area (Å²) >= 11 is 0. The minimum Gasteiger partial charge on any atom is -1.00 e. The Morgan fingerprint density at radius 1 is 0.917 bits per heavy atom. The van der Waals surface area contributed by atoms with Gasteiger partial charge < -0.3 is 7.96 Å². The van der Waals surface area contributed by atoms with Crippen molar-refractivity contribution >= 4 is 43.7 Å². The van der Waals surface area contributed by atoms with Gasteiger partial charge in [-0.3, -0.25) is 4.79 Å². The van der Waals surface area contributed by atoms with Gasteiger partial charge in [0, 0.05) is 0 Å². The van der Waals surface area contributed by atoms with Gasteiger partial charge in [-0.15, -0.1) is 0 Å². The van der Waals surface area contributed by atoms with Crippen molar-refractivity contribution in [2.75, 3.05) is 0 Å². The molecule has 1 aromatic rings. The van der Waals surface area contributed by atoms with E-state index in [9.17, 15) is 9.90 Å². The van der Waals surface area contributed by atoms with Crippen molar-refractivity contribution in [3.63, 3.8) is 0 Å². The number of carboxylic acid groups (broad SMARTS) is 1. The van der Waals surface area contributed by atoms with Gasteiger partial charge in [-0.25, -0.2) is 0 Å². The predicted octanol–water partition coefficient (Wildman–Crippen LogP) is 6.18. The maximum atomic E-state index is 11.7. The van der Waals surface area contributed by atoms with Crippen LogP contribution >= 0.6 is 0 Å². The van der Waals surface area contributed by atoms with Crippen molar-refractivity contribution in [2.45, 2.75) is 89.9 Å². The van der Waals surface area contributed by atoms with E-state index < -0.39 is 11.4 Å². The summed E-state index contributed by atoms with van der Waals surface area (Å²) in [5, 5.41) is 9.63. The van der Waals surface area contributed by atoms with Crippen LogP contribution in [0.3, 0.4) is 0 Å². The Balaban J connectivity index is -0.00000176. The van der Waals surface area contributed by atoms with E-state index in [-0.39, 0.29) is 40.6 Å². The number of hydrogen-bond donors (Lipinski definition) is 1. The standard InChI is InChI=1S/C21H34O2.Ca.2H/c1-3-4-5-6-7-8-9-10-11-15-18-21(2,20(22)23)19-16-13-12-14-17-19;;;/h12-14,16-17H,3-11,15,18H2,1-2H3,(H,22,23);;;/q;+2;2*-1. The molecule has 1 aromatic carbocycles. The number of hydrogen-bond acceptors (Lipinski definition) is 1. The first-order valence-electron chi connectivity index (χ1n) is 9.40. The Morgan fingerprint density at radius 2 is 1.38 bits per heavy atom. The molecule has 0 saturated heterocycles. The molecule has 3 heteroatoms. The fraction of sp³-hybridized carbons (Fsp3) is 0.667. The molecule has 0 fully saturated rings. The fourth-order valence-corrected chi connectivity index (χ4v) is 3.15. The SMILES string of the molecule is CCCCCCCCCCCCC(C)(C(=O)O)c1ccccc1.[Ca+2].[H-].[H-]. The zero-order chi connectivity index (χ0) is 17.0. The van der Waals surface area contributed by atoms with E-state index in [1.807, 2.05) is 37.3 Å². The number of rotatable bonds is 13. The number of aliphatic carboxylic acids is 1. The zero-order valence-corrected chi connectivity index (χ0v) is 17.9. The topological polar surface area (TPSA) is 37.3 Å². The fourth-order valence-electron chi connectivity index (χ4n) is 3.15. The van der Waals surface area contributed by atoms with Crippen molar-refractivity contribution in [2.24, 2.45) is 0 Å². The summed E-state index contributed by atoms with van der Waals surface area (Å²) in [5.41, 5.74) is 0.171. The van der Waals surface area contributed by atoms with Crippen molar-refractivity contribution in [3.05, 3.63) is 35.9 Å². The third kappa shape index (κ3) is 8.87. The molecule has 0 saturated carbocycles. The molecule has 0 aliphatic rings. The summed E-state index contributed by atoms with van der Waals surface area (Å²) < 4.78 is 0. The second-order valence-electron chi connectivity index (χ2n) is 6.94. The van der Waals surface area contributed by atoms with Crippen LogP contribution in [0.25, 0.3) is 0 Å². The third-order valence-electron chi connectivity index (χ3n) is 4.91. The number of carboxylic acids is 1. The molecule has 24 heavy (non-hydrogen) atoms. The van der Waals surface area contributed by atoms with Crippen molar-refractivity contribution in [1.82, 2.24) is 0 Å². The normalized spacial score (nSPS) is 13.1. The van der Waals surface area contributed by atoms with Gasteiger partial charge in [0.05, 0.1) is 5.41 Å². The number of benzene rings is 1. The second kappa shape index (κ2) is 14.2. The molecule has 0 bridgehead atoms. The Morgan fingerprint density at radius 3 is 1.83 bits per heavy atom. The van der Waals surface area contributed by atoms with E-state index in [1.165, 1.54) is 51.4 Å². The molecule has 1 atom stereocenters. The number of unbranched alkanes of at least 4 members (excludes halogenated alkanes) is 9. The van der Waals surface area contributed by atoms with E-state index in [0.717, 1.165) is 24.8 Å². The average Bonchev–Trinajstić information content (AvgIpc) is 2.57. The van der Waals surface area contributed by atoms with Crippen LogP contribution in [0.1, 0.15) is 92.9 Å². The van der Waals surface area contributed by atoms with E-state index >= 15 is 0 Å². The Bertz CT molecular complexity index is 443. The van der Waals surface area contributed by atoms with Gasteiger partial charge in [-0.1, -0.05) is 101 Å². The van der Waals surface area contributed by atoms with Gasteiger partial charge in [0.15, 0.2) is 0 Å². The van der Waals surface area contributed by atoms with Crippen LogP contribution in [0.2, 0.25) is 0 Å². The Kier molecular flexibility index (Phi) is 14.1. The van der Waals surface area contributed by atoms with E-state index in [4.69, 9.17) is 0 Å². The first-order chi connectivity index (χ1) is 11.1. The first-order valence-corrected chi connectivity index (χ1v) is 9.40. The van der Waals surface area contributed by atoms with E-state index in [0.29, 0.717) is 0 Å². The molecule has 0 spiro atoms.